The Balaban J connectivity index is 1.80. The maximum atomic E-state index is 8.57. The van der Waals surface area contributed by atoms with Crippen LogP contribution in [0.2, 0.25) is 0 Å². The van der Waals surface area contributed by atoms with E-state index in [2.05, 4.69) is 121 Å². The summed E-state index contributed by atoms with van der Waals surface area (Å²) in [6.45, 7) is 15.1. The van der Waals surface area contributed by atoms with Crippen molar-refractivity contribution in [2.24, 2.45) is 0 Å². The maximum Gasteiger partial charge on any atom is 0.164 e. The monoisotopic (exact) mass is 568 g/mol. The van der Waals surface area contributed by atoms with Gasteiger partial charge in [-0.15, -0.1) is 0 Å². The highest BCUT2D eigenvalue weighted by atomic mass is 15.1. The Hall–Kier alpha value is -4.24. The summed E-state index contributed by atoms with van der Waals surface area (Å²) in [5, 5.41) is 2.21. The first-order valence-electron chi connectivity index (χ1n) is 16.8. The van der Waals surface area contributed by atoms with Crippen LogP contribution in [0.25, 0.3) is 50.1 Å². The molecule has 6 aromatic rings. The molecule has 0 unspecified atom stereocenters. The summed E-state index contributed by atoms with van der Waals surface area (Å²) < 4.78 is 27.8. The zero-order valence-corrected chi connectivity index (χ0v) is 26.6. The molecule has 0 aliphatic carbocycles. The number of benzene rings is 4. The molecule has 218 valence electrons. The van der Waals surface area contributed by atoms with Gasteiger partial charge < -0.3 is 0 Å². The van der Waals surface area contributed by atoms with Gasteiger partial charge in [0.05, 0.1) is 22.4 Å². The lowest BCUT2D eigenvalue weighted by Gasteiger charge is -2.25. The molecule has 0 bridgehead atoms. The molecule has 2 heterocycles. The zero-order valence-electron chi connectivity index (χ0n) is 29.6. The van der Waals surface area contributed by atoms with Crippen molar-refractivity contribution in [3.05, 3.63) is 113 Å². The Morgan fingerprint density at radius 1 is 0.744 bits per heavy atom. The summed E-state index contributed by atoms with van der Waals surface area (Å²) in [6, 6.07) is 29.0. The molecule has 0 amide bonds. The van der Waals surface area contributed by atoms with Gasteiger partial charge in [-0.1, -0.05) is 109 Å². The zero-order chi connectivity index (χ0) is 33.1. The summed E-state index contributed by atoms with van der Waals surface area (Å²) >= 11 is 0. The number of para-hydroxylation sites is 1. The van der Waals surface area contributed by atoms with Gasteiger partial charge in [-0.2, -0.15) is 0 Å². The standard InChI is InChI=1S/C40H43N3/c1-24(2)31-21-30(28-15-11-10-12-16-28)22-32(25(3)4)37(31)43-36-27(6)14-13-17-34(36)42-39(43)35-23-29-19-18-26(5)20-33(29)38(41-35)40(7,8)9/h10-25H,1-9H3/i6D3. The first-order valence-corrected chi connectivity index (χ1v) is 15.3. The SMILES string of the molecule is [2H]C([2H])([2H])c1cccc2nc(-c3cc4ccc(C)cc4c(C(C)(C)C)n3)n(-c3c(C(C)C)cc(-c4ccccc4)cc3C(C)C)c12. The molecular weight excluding hydrogens is 522 g/mol. The fraction of sp³-hybridized carbons (Fsp3) is 0.300. The first kappa shape index (κ1) is 25.3. The van der Waals surface area contributed by atoms with E-state index < -0.39 is 6.85 Å². The van der Waals surface area contributed by atoms with Gasteiger partial charge in [0.15, 0.2) is 5.82 Å². The molecule has 0 saturated heterocycles. The number of hydrogen-bond donors (Lipinski definition) is 0. The van der Waals surface area contributed by atoms with Gasteiger partial charge >= 0.3 is 0 Å². The third-order valence-corrected chi connectivity index (χ3v) is 8.35. The van der Waals surface area contributed by atoms with Crippen molar-refractivity contribution in [1.82, 2.24) is 14.5 Å². The minimum absolute atomic E-state index is 0.152. The molecular formula is C40H43N3. The molecule has 6 rings (SSSR count). The molecule has 3 heteroatoms. The normalized spacial score (nSPS) is 13.6. The van der Waals surface area contributed by atoms with Crippen LogP contribution in [-0.2, 0) is 5.41 Å². The van der Waals surface area contributed by atoms with Crippen molar-refractivity contribution in [3.63, 3.8) is 0 Å². The fourth-order valence-electron chi connectivity index (χ4n) is 6.18. The molecule has 4 aromatic carbocycles. The Labute approximate surface area is 260 Å². The highest BCUT2D eigenvalue weighted by Gasteiger charge is 2.27. The summed E-state index contributed by atoms with van der Waals surface area (Å²) in [5.74, 6) is 0.953. The van der Waals surface area contributed by atoms with Gasteiger partial charge in [-0.05, 0) is 89.1 Å². The predicted octanol–water partition coefficient (Wildman–Crippen LogP) is 11.1. The molecule has 0 aliphatic heterocycles. The van der Waals surface area contributed by atoms with Crippen LogP contribution in [0.4, 0.5) is 0 Å². The van der Waals surface area contributed by atoms with Crippen molar-refractivity contribution in [2.45, 2.75) is 79.5 Å². The quantitative estimate of drug-likeness (QED) is 0.207. The number of nitrogens with zero attached hydrogens (tertiary/aromatic N) is 3. The molecule has 0 saturated carbocycles. The van der Waals surface area contributed by atoms with E-state index in [1.54, 1.807) is 12.1 Å². The van der Waals surface area contributed by atoms with Crippen molar-refractivity contribution in [3.8, 4) is 28.3 Å². The van der Waals surface area contributed by atoms with E-state index in [1.165, 1.54) is 5.56 Å². The number of hydrogen-bond acceptors (Lipinski definition) is 2. The second-order valence-corrected chi connectivity index (χ2v) is 13.5. The van der Waals surface area contributed by atoms with Crippen LogP contribution in [0.5, 0.6) is 0 Å². The predicted molar refractivity (Wildman–Crippen MR) is 184 cm³/mol. The third kappa shape index (κ3) is 5.16. The lowest BCUT2D eigenvalue weighted by atomic mass is 9.87. The van der Waals surface area contributed by atoms with E-state index >= 15 is 0 Å². The molecule has 0 N–H and O–H groups in total. The number of fused-ring (bicyclic) bond motifs is 2. The molecule has 43 heavy (non-hydrogen) atoms. The van der Waals surface area contributed by atoms with E-state index in [4.69, 9.17) is 14.1 Å². The molecule has 2 aromatic heterocycles. The molecule has 0 spiro atoms. The highest BCUT2D eigenvalue weighted by Crippen LogP contribution is 2.41. The topological polar surface area (TPSA) is 30.7 Å². The van der Waals surface area contributed by atoms with Crippen molar-refractivity contribution >= 4 is 21.8 Å². The minimum atomic E-state index is -2.33. The van der Waals surface area contributed by atoms with Gasteiger partial charge in [0.1, 0.15) is 5.69 Å². The Kier molecular flexibility index (Phi) is 6.34. The molecule has 0 atom stereocenters. The number of aromatic nitrogens is 3. The highest BCUT2D eigenvalue weighted by molar-refractivity contribution is 5.91. The van der Waals surface area contributed by atoms with E-state index in [9.17, 15) is 0 Å². The van der Waals surface area contributed by atoms with E-state index in [-0.39, 0.29) is 22.8 Å². The van der Waals surface area contributed by atoms with Crippen LogP contribution in [0.15, 0.2) is 84.9 Å². The first-order chi connectivity index (χ1) is 21.6. The lowest BCUT2D eigenvalue weighted by molar-refractivity contribution is 0.576. The number of rotatable bonds is 5. The Morgan fingerprint density at radius 3 is 2.07 bits per heavy atom. The van der Waals surface area contributed by atoms with Crippen molar-refractivity contribution in [2.75, 3.05) is 0 Å². The van der Waals surface area contributed by atoms with Gasteiger partial charge in [-0.25, -0.2) is 9.97 Å². The van der Waals surface area contributed by atoms with E-state index in [0.717, 1.165) is 50.1 Å². The Morgan fingerprint density at radius 2 is 1.44 bits per heavy atom. The summed E-state index contributed by atoms with van der Waals surface area (Å²) in [4.78, 5) is 10.6. The minimum Gasteiger partial charge on any atom is -0.290 e. The number of pyridine rings is 1. The molecule has 0 fully saturated rings. The molecule has 0 aliphatic rings. The van der Waals surface area contributed by atoms with Crippen molar-refractivity contribution in [1.29, 1.82) is 0 Å². The average molecular weight is 569 g/mol. The van der Waals surface area contributed by atoms with Crippen LogP contribution in [0.1, 0.15) is 92.4 Å². The third-order valence-electron chi connectivity index (χ3n) is 8.35. The van der Waals surface area contributed by atoms with Crippen molar-refractivity contribution < 1.29 is 4.11 Å². The van der Waals surface area contributed by atoms with Crippen LogP contribution in [0.3, 0.4) is 0 Å². The van der Waals surface area contributed by atoms with Gasteiger partial charge in [0, 0.05) is 14.9 Å². The van der Waals surface area contributed by atoms with Crippen LogP contribution >= 0.6 is 0 Å². The molecule has 3 nitrogen and oxygen atoms in total. The van der Waals surface area contributed by atoms with Gasteiger partial charge in [0.2, 0.25) is 0 Å². The van der Waals surface area contributed by atoms with Gasteiger partial charge in [0.25, 0.3) is 0 Å². The lowest BCUT2D eigenvalue weighted by Crippen LogP contribution is -2.16. The smallest absolute Gasteiger partial charge is 0.164 e. The second-order valence-electron chi connectivity index (χ2n) is 13.5. The molecule has 0 radical (unpaired) electrons. The largest absolute Gasteiger partial charge is 0.290 e. The van der Waals surface area contributed by atoms with Crippen LogP contribution in [-0.4, -0.2) is 14.5 Å². The fourth-order valence-corrected chi connectivity index (χ4v) is 6.18. The number of aryl methyl sites for hydroxylation is 2. The maximum absolute atomic E-state index is 8.57. The summed E-state index contributed by atoms with van der Waals surface area (Å²) in [5.41, 5.74) is 9.77. The average Bonchev–Trinajstić information content (AvgIpc) is 3.38. The van der Waals surface area contributed by atoms with E-state index in [0.29, 0.717) is 16.9 Å². The number of imidazole rings is 1. The second kappa shape index (κ2) is 10.8. The van der Waals surface area contributed by atoms with Crippen LogP contribution in [0, 0.1) is 13.8 Å². The van der Waals surface area contributed by atoms with Gasteiger partial charge in [-0.3, -0.25) is 4.57 Å². The van der Waals surface area contributed by atoms with E-state index in [1.807, 2.05) is 12.1 Å². The van der Waals surface area contributed by atoms with Crippen LogP contribution < -0.4 is 0 Å². The summed E-state index contributed by atoms with van der Waals surface area (Å²) in [7, 11) is 0. The summed E-state index contributed by atoms with van der Waals surface area (Å²) in [6.07, 6.45) is 0. The Bertz CT molecular complexity index is 2050.